The second-order valence-corrected chi connectivity index (χ2v) is 3.55. The summed E-state index contributed by atoms with van der Waals surface area (Å²) < 4.78 is 25.7. The van der Waals surface area contributed by atoms with Crippen molar-refractivity contribution in [2.24, 2.45) is 0 Å². The van der Waals surface area contributed by atoms with Crippen molar-refractivity contribution in [1.29, 1.82) is 0 Å². The van der Waals surface area contributed by atoms with Gasteiger partial charge in [-0.3, -0.25) is 0 Å². The fourth-order valence-corrected chi connectivity index (χ4v) is 1.53. The molecule has 1 aromatic carbocycles. The maximum atomic E-state index is 10.4. The molecule has 13 heavy (non-hydrogen) atoms. The molecule has 0 bridgehead atoms. The second-order valence-electron chi connectivity index (χ2n) is 2.57. The van der Waals surface area contributed by atoms with Crippen LogP contribution in [0.2, 0.25) is 0 Å². The van der Waals surface area contributed by atoms with Crippen LogP contribution < -0.4 is 10.5 Å². The molecule has 0 aromatic heterocycles. The molecule has 1 aromatic rings. The molecule has 0 atom stereocenters. The topological polar surface area (TPSA) is 69.4 Å². The fraction of sp³-hybridized carbons (Fsp3) is 0.250. The molecule has 0 aliphatic rings. The molecule has 0 saturated carbocycles. The number of anilines is 1. The lowest BCUT2D eigenvalue weighted by Crippen LogP contribution is -1.94. The lowest BCUT2D eigenvalue weighted by atomic mass is 10.2. The number of ether oxygens (including phenoxy) is 1. The van der Waals surface area contributed by atoms with Crippen LogP contribution in [0.25, 0.3) is 0 Å². The molecule has 0 radical (unpaired) electrons. The molecule has 0 saturated heterocycles. The number of methoxy groups -OCH3 is 1. The SMILES string of the molecule is COc1ccc(C[SH](=O)=O)cc1N. The molecule has 0 aliphatic heterocycles. The van der Waals surface area contributed by atoms with E-state index in [4.69, 9.17) is 10.5 Å². The van der Waals surface area contributed by atoms with Crippen LogP contribution in [0.15, 0.2) is 18.2 Å². The highest BCUT2D eigenvalue weighted by Gasteiger charge is 2.00. The van der Waals surface area contributed by atoms with Gasteiger partial charge in [0.1, 0.15) is 16.5 Å². The van der Waals surface area contributed by atoms with Crippen molar-refractivity contribution in [3.8, 4) is 5.75 Å². The molecule has 0 aliphatic carbocycles. The highest BCUT2D eigenvalue weighted by molar-refractivity contribution is 7.71. The molecule has 1 rings (SSSR count). The van der Waals surface area contributed by atoms with Crippen molar-refractivity contribution in [2.75, 3.05) is 12.8 Å². The van der Waals surface area contributed by atoms with Crippen molar-refractivity contribution in [1.82, 2.24) is 0 Å². The minimum atomic E-state index is -2.40. The molecule has 4 nitrogen and oxygen atoms in total. The van der Waals surface area contributed by atoms with E-state index in [9.17, 15) is 8.42 Å². The summed E-state index contributed by atoms with van der Waals surface area (Å²) in [5.41, 5.74) is 6.72. The smallest absolute Gasteiger partial charge is 0.144 e. The first-order valence-electron chi connectivity index (χ1n) is 3.67. The summed E-state index contributed by atoms with van der Waals surface area (Å²) >= 11 is 0. The molecule has 0 amide bonds. The average molecular weight is 201 g/mol. The van der Waals surface area contributed by atoms with Crippen molar-refractivity contribution in [2.45, 2.75) is 5.75 Å². The highest BCUT2D eigenvalue weighted by Crippen LogP contribution is 2.21. The Labute approximate surface area is 78.3 Å². The van der Waals surface area contributed by atoms with E-state index >= 15 is 0 Å². The van der Waals surface area contributed by atoms with Crippen molar-refractivity contribution in [3.05, 3.63) is 23.8 Å². The van der Waals surface area contributed by atoms with Gasteiger partial charge in [-0.1, -0.05) is 6.07 Å². The maximum Gasteiger partial charge on any atom is 0.144 e. The van der Waals surface area contributed by atoms with Gasteiger partial charge in [-0.05, 0) is 17.7 Å². The Balaban J connectivity index is 2.95. The summed E-state index contributed by atoms with van der Waals surface area (Å²) in [5, 5.41) is 0. The minimum Gasteiger partial charge on any atom is -0.495 e. The Bertz CT molecular complexity index is 366. The Morgan fingerprint density at radius 1 is 1.46 bits per heavy atom. The zero-order valence-corrected chi connectivity index (χ0v) is 8.08. The van der Waals surface area contributed by atoms with Gasteiger partial charge in [-0.2, -0.15) is 0 Å². The second kappa shape index (κ2) is 4.13. The van der Waals surface area contributed by atoms with Crippen LogP contribution in [0.3, 0.4) is 0 Å². The van der Waals surface area contributed by atoms with Crippen LogP contribution in [-0.4, -0.2) is 15.5 Å². The van der Waals surface area contributed by atoms with E-state index in [-0.39, 0.29) is 5.75 Å². The molecule has 0 fully saturated rings. The monoisotopic (exact) mass is 201 g/mol. The lowest BCUT2D eigenvalue weighted by molar-refractivity contribution is 0.417. The predicted octanol–water partition coefficient (Wildman–Crippen LogP) is 0.389. The summed E-state index contributed by atoms with van der Waals surface area (Å²) in [6, 6.07) is 4.94. The fourth-order valence-electron chi connectivity index (χ4n) is 1.03. The van der Waals surface area contributed by atoms with E-state index in [2.05, 4.69) is 0 Å². The third-order valence-corrected chi connectivity index (χ3v) is 2.23. The molecule has 72 valence electrons. The molecular weight excluding hydrogens is 190 g/mol. The van der Waals surface area contributed by atoms with Crippen LogP contribution in [0.5, 0.6) is 5.75 Å². The van der Waals surface area contributed by atoms with E-state index in [1.165, 1.54) is 7.11 Å². The van der Waals surface area contributed by atoms with Crippen LogP contribution in [0.1, 0.15) is 5.56 Å². The van der Waals surface area contributed by atoms with Gasteiger partial charge >= 0.3 is 0 Å². The molecule has 0 spiro atoms. The van der Waals surface area contributed by atoms with E-state index in [0.29, 0.717) is 17.0 Å². The van der Waals surface area contributed by atoms with Crippen LogP contribution >= 0.6 is 0 Å². The van der Waals surface area contributed by atoms with Gasteiger partial charge in [0.05, 0.1) is 18.6 Å². The molecule has 0 heterocycles. The molecule has 2 N–H and O–H groups in total. The Morgan fingerprint density at radius 2 is 2.15 bits per heavy atom. The van der Waals surface area contributed by atoms with Crippen molar-refractivity contribution < 1.29 is 13.2 Å². The zero-order chi connectivity index (χ0) is 9.84. The van der Waals surface area contributed by atoms with Gasteiger partial charge < -0.3 is 10.5 Å². The van der Waals surface area contributed by atoms with Crippen molar-refractivity contribution >= 4 is 16.4 Å². The Kier molecular flexibility index (Phi) is 3.13. The summed E-state index contributed by atoms with van der Waals surface area (Å²) in [7, 11) is -0.886. The summed E-state index contributed by atoms with van der Waals surface area (Å²) in [6.07, 6.45) is 0. The van der Waals surface area contributed by atoms with Gasteiger partial charge in [0, 0.05) is 0 Å². The third kappa shape index (κ3) is 2.62. The standard InChI is InChI=1S/C8H11NO3S/c1-12-8-3-2-6(4-7(8)9)5-13(10)11/h2-4,13H,5,9H2,1H3. The summed E-state index contributed by atoms with van der Waals surface area (Å²) in [5.74, 6) is 0.577. The first kappa shape index (κ1) is 9.85. The average Bonchev–Trinajstić information content (AvgIpc) is 2.03. The van der Waals surface area contributed by atoms with Crippen LogP contribution in [0, 0.1) is 0 Å². The van der Waals surface area contributed by atoms with Gasteiger partial charge in [0.25, 0.3) is 0 Å². The third-order valence-electron chi connectivity index (χ3n) is 1.61. The quantitative estimate of drug-likeness (QED) is 0.548. The van der Waals surface area contributed by atoms with Gasteiger partial charge in [-0.15, -0.1) is 0 Å². The lowest BCUT2D eigenvalue weighted by Gasteiger charge is -2.04. The van der Waals surface area contributed by atoms with Gasteiger partial charge in [-0.25, -0.2) is 8.42 Å². The van der Waals surface area contributed by atoms with Gasteiger partial charge in [0.2, 0.25) is 0 Å². The van der Waals surface area contributed by atoms with Crippen LogP contribution in [0.4, 0.5) is 5.69 Å². The number of rotatable bonds is 3. The van der Waals surface area contributed by atoms with E-state index in [1.54, 1.807) is 18.2 Å². The number of benzene rings is 1. The molecule has 5 heteroatoms. The Hall–Kier alpha value is -1.23. The van der Waals surface area contributed by atoms with Crippen LogP contribution in [-0.2, 0) is 16.5 Å². The highest BCUT2D eigenvalue weighted by atomic mass is 32.2. The van der Waals surface area contributed by atoms with E-state index in [1.807, 2.05) is 0 Å². The number of hydrogen-bond donors (Lipinski definition) is 2. The largest absolute Gasteiger partial charge is 0.495 e. The number of thiol groups is 1. The Morgan fingerprint density at radius 3 is 2.62 bits per heavy atom. The molecular formula is C8H11NO3S. The first-order chi connectivity index (χ1) is 6.13. The summed E-state index contributed by atoms with van der Waals surface area (Å²) in [4.78, 5) is 0. The minimum absolute atomic E-state index is 0.0174. The van der Waals surface area contributed by atoms with Gasteiger partial charge in [0.15, 0.2) is 0 Å². The van der Waals surface area contributed by atoms with E-state index in [0.717, 1.165) is 0 Å². The molecule has 0 unspecified atom stereocenters. The predicted molar refractivity (Wildman–Crippen MR) is 51.4 cm³/mol. The first-order valence-corrected chi connectivity index (χ1v) is 5.04. The number of nitrogens with two attached hydrogens (primary N) is 1. The number of hydrogen-bond acceptors (Lipinski definition) is 4. The maximum absolute atomic E-state index is 10.4. The zero-order valence-electron chi connectivity index (χ0n) is 7.19. The van der Waals surface area contributed by atoms with E-state index < -0.39 is 10.7 Å². The van der Waals surface area contributed by atoms with Crippen molar-refractivity contribution in [3.63, 3.8) is 0 Å². The number of nitrogen functional groups attached to an aromatic ring is 1. The normalized spacial score (nSPS) is 10.3. The summed E-state index contributed by atoms with van der Waals surface area (Å²) in [6.45, 7) is 0.